The molecule has 1 fully saturated rings. The SMILES string of the molecule is CC(=O)N1c2ccccc2N2C(=O)CCC12c1ccccc1. The largest absolute Gasteiger partial charge is 0.282 e. The van der Waals surface area contributed by atoms with Gasteiger partial charge in [0.05, 0.1) is 11.4 Å². The zero-order valence-corrected chi connectivity index (χ0v) is 12.3. The van der Waals surface area contributed by atoms with E-state index in [1.54, 1.807) is 16.7 Å². The second kappa shape index (κ2) is 4.44. The molecule has 0 aliphatic carbocycles. The van der Waals surface area contributed by atoms with Crippen molar-refractivity contribution in [3.05, 3.63) is 60.2 Å². The lowest BCUT2D eigenvalue weighted by Gasteiger charge is -2.39. The van der Waals surface area contributed by atoms with Crippen molar-refractivity contribution in [2.24, 2.45) is 0 Å². The van der Waals surface area contributed by atoms with Gasteiger partial charge in [0.25, 0.3) is 0 Å². The van der Waals surface area contributed by atoms with Crippen LogP contribution in [0.2, 0.25) is 0 Å². The topological polar surface area (TPSA) is 40.6 Å². The molecule has 1 atom stereocenters. The molecule has 4 rings (SSSR count). The van der Waals surface area contributed by atoms with Crippen molar-refractivity contribution in [1.82, 2.24) is 0 Å². The van der Waals surface area contributed by atoms with E-state index < -0.39 is 5.66 Å². The van der Waals surface area contributed by atoms with Crippen LogP contribution in [-0.2, 0) is 15.3 Å². The highest BCUT2D eigenvalue weighted by atomic mass is 16.2. The molecule has 0 spiro atoms. The second-order valence-corrected chi connectivity index (χ2v) is 5.75. The molecule has 2 amide bonds. The van der Waals surface area contributed by atoms with E-state index in [0.29, 0.717) is 12.8 Å². The summed E-state index contributed by atoms with van der Waals surface area (Å²) in [5.74, 6) is 0.0218. The summed E-state index contributed by atoms with van der Waals surface area (Å²) >= 11 is 0. The van der Waals surface area contributed by atoms with Gasteiger partial charge in [-0.2, -0.15) is 0 Å². The van der Waals surface area contributed by atoms with E-state index in [1.807, 2.05) is 54.6 Å². The fourth-order valence-electron chi connectivity index (χ4n) is 3.84. The normalized spacial score (nSPS) is 22.7. The number of anilines is 2. The number of rotatable bonds is 1. The molecule has 0 radical (unpaired) electrons. The molecule has 1 saturated heterocycles. The van der Waals surface area contributed by atoms with Gasteiger partial charge in [0.2, 0.25) is 11.8 Å². The van der Waals surface area contributed by atoms with Crippen LogP contribution in [0.25, 0.3) is 0 Å². The van der Waals surface area contributed by atoms with Crippen molar-refractivity contribution < 1.29 is 9.59 Å². The maximum absolute atomic E-state index is 12.6. The number of para-hydroxylation sites is 2. The minimum Gasteiger partial charge on any atom is -0.282 e. The molecule has 0 bridgehead atoms. The standard InChI is InChI=1S/C18H16N2O2/c1-13(21)19-15-9-5-6-10-16(15)20-17(22)11-12-18(19,20)14-7-3-2-4-8-14/h2-10H,11-12H2,1H3. The van der Waals surface area contributed by atoms with Crippen LogP contribution in [-0.4, -0.2) is 11.8 Å². The average Bonchev–Trinajstić information content (AvgIpc) is 3.02. The van der Waals surface area contributed by atoms with E-state index >= 15 is 0 Å². The van der Waals surface area contributed by atoms with Crippen molar-refractivity contribution in [1.29, 1.82) is 0 Å². The van der Waals surface area contributed by atoms with Gasteiger partial charge < -0.3 is 0 Å². The number of amides is 2. The molecule has 2 aromatic carbocycles. The fourth-order valence-corrected chi connectivity index (χ4v) is 3.84. The zero-order valence-electron chi connectivity index (χ0n) is 12.3. The Morgan fingerprint density at radius 1 is 1.00 bits per heavy atom. The maximum Gasteiger partial charge on any atom is 0.229 e. The summed E-state index contributed by atoms with van der Waals surface area (Å²) in [5.41, 5.74) is 1.90. The fraction of sp³-hybridized carbons (Fsp3) is 0.222. The van der Waals surface area contributed by atoms with Crippen LogP contribution in [0.5, 0.6) is 0 Å². The first-order valence-corrected chi connectivity index (χ1v) is 7.45. The molecule has 4 nitrogen and oxygen atoms in total. The summed E-state index contributed by atoms with van der Waals surface area (Å²) in [4.78, 5) is 28.6. The molecule has 2 aliphatic heterocycles. The Hall–Kier alpha value is -2.62. The van der Waals surface area contributed by atoms with Crippen molar-refractivity contribution in [2.45, 2.75) is 25.4 Å². The van der Waals surface area contributed by atoms with Gasteiger partial charge in [-0.3, -0.25) is 19.4 Å². The van der Waals surface area contributed by atoms with Crippen molar-refractivity contribution in [3.63, 3.8) is 0 Å². The van der Waals surface area contributed by atoms with Gasteiger partial charge in [0.1, 0.15) is 0 Å². The molecule has 110 valence electrons. The van der Waals surface area contributed by atoms with Crippen LogP contribution < -0.4 is 9.80 Å². The van der Waals surface area contributed by atoms with E-state index in [1.165, 1.54) is 0 Å². The lowest BCUT2D eigenvalue weighted by molar-refractivity contribution is -0.118. The van der Waals surface area contributed by atoms with E-state index in [9.17, 15) is 9.59 Å². The summed E-state index contributed by atoms with van der Waals surface area (Å²) in [6.45, 7) is 1.56. The first-order chi connectivity index (χ1) is 10.7. The Bertz CT molecular complexity index is 757. The summed E-state index contributed by atoms with van der Waals surface area (Å²) in [7, 11) is 0. The Morgan fingerprint density at radius 3 is 2.32 bits per heavy atom. The molecule has 4 heteroatoms. The highest BCUT2D eigenvalue weighted by Crippen LogP contribution is 2.55. The Morgan fingerprint density at radius 2 is 1.64 bits per heavy atom. The molecule has 0 aromatic heterocycles. The number of benzene rings is 2. The number of carbonyl (C=O) groups is 2. The molecule has 2 heterocycles. The lowest BCUT2D eigenvalue weighted by atomic mass is 9.95. The quantitative estimate of drug-likeness (QED) is 0.810. The molecular formula is C18H16N2O2. The predicted molar refractivity (Wildman–Crippen MR) is 84.4 cm³/mol. The third-order valence-electron chi connectivity index (χ3n) is 4.59. The van der Waals surface area contributed by atoms with Gasteiger partial charge in [-0.1, -0.05) is 42.5 Å². The van der Waals surface area contributed by atoms with Gasteiger partial charge in [-0.25, -0.2) is 0 Å². The van der Waals surface area contributed by atoms with Crippen molar-refractivity contribution >= 4 is 23.2 Å². The lowest BCUT2D eigenvalue weighted by Crippen LogP contribution is -2.53. The van der Waals surface area contributed by atoms with Crippen molar-refractivity contribution in [3.8, 4) is 0 Å². The minimum atomic E-state index is -0.714. The third kappa shape index (κ3) is 1.47. The van der Waals surface area contributed by atoms with Gasteiger partial charge in [-0.15, -0.1) is 0 Å². The number of nitrogens with zero attached hydrogens (tertiary/aromatic N) is 2. The highest BCUT2D eigenvalue weighted by Gasteiger charge is 2.58. The number of hydrogen-bond donors (Lipinski definition) is 0. The van der Waals surface area contributed by atoms with Crippen LogP contribution in [0.4, 0.5) is 11.4 Å². The van der Waals surface area contributed by atoms with Gasteiger partial charge in [0, 0.05) is 19.8 Å². The Balaban J connectivity index is 2.03. The summed E-state index contributed by atoms with van der Waals surface area (Å²) in [5, 5.41) is 0. The Kier molecular flexibility index (Phi) is 2.64. The first-order valence-electron chi connectivity index (χ1n) is 7.45. The molecule has 2 aliphatic rings. The molecule has 0 N–H and O–H groups in total. The third-order valence-corrected chi connectivity index (χ3v) is 4.59. The monoisotopic (exact) mass is 292 g/mol. The van der Waals surface area contributed by atoms with Crippen LogP contribution in [0, 0.1) is 0 Å². The summed E-state index contributed by atoms with van der Waals surface area (Å²) in [6.07, 6.45) is 1.07. The van der Waals surface area contributed by atoms with Crippen LogP contribution in [0.3, 0.4) is 0 Å². The maximum atomic E-state index is 12.6. The van der Waals surface area contributed by atoms with Crippen LogP contribution in [0.1, 0.15) is 25.3 Å². The molecule has 0 saturated carbocycles. The van der Waals surface area contributed by atoms with E-state index in [0.717, 1.165) is 16.9 Å². The van der Waals surface area contributed by atoms with Gasteiger partial charge >= 0.3 is 0 Å². The predicted octanol–water partition coefficient (Wildman–Crippen LogP) is 3.03. The number of hydrogen-bond acceptors (Lipinski definition) is 2. The minimum absolute atomic E-state index is 0.0477. The smallest absolute Gasteiger partial charge is 0.229 e. The zero-order chi connectivity index (χ0) is 15.3. The first kappa shape index (κ1) is 13.1. The Labute approximate surface area is 129 Å². The van der Waals surface area contributed by atoms with Crippen LogP contribution in [0.15, 0.2) is 54.6 Å². The molecular weight excluding hydrogens is 276 g/mol. The van der Waals surface area contributed by atoms with Crippen LogP contribution >= 0.6 is 0 Å². The van der Waals surface area contributed by atoms with Crippen molar-refractivity contribution in [2.75, 3.05) is 9.80 Å². The summed E-state index contributed by atoms with van der Waals surface area (Å²) < 4.78 is 0. The van der Waals surface area contributed by atoms with E-state index in [4.69, 9.17) is 0 Å². The van der Waals surface area contributed by atoms with E-state index in [2.05, 4.69) is 0 Å². The number of carbonyl (C=O) groups excluding carboxylic acids is 2. The van der Waals surface area contributed by atoms with E-state index in [-0.39, 0.29) is 11.8 Å². The van der Waals surface area contributed by atoms with Gasteiger partial charge in [-0.05, 0) is 17.7 Å². The number of fused-ring (bicyclic) bond motifs is 3. The summed E-state index contributed by atoms with van der Waals surface area (Å²) in [6, 6.07) is 17.5. The molecule has 1 unspecified atom stereocenters. The molecule has 2 aromatic rings. The average molecular weight is 292 g/mol. The molecule has 22 heavy (non-hydrogen) atoms. The highest BCUT2D eigenvalue weighted by molar-refractivity contribution is 6.11. The second-order valence-electron chi connectivity index (χ2n) is 5.75. The van der Waals surface area contributed by atoms with Gasteiger partial charge in [0.15, 0.2) is 5.66 Å².